The van der Waals surface area contributed by atoms with Crippen molar-refractivity contribution >= 4 is 38.4 Å². The van der Waals surface area contributed by atoms with Crippen LogP contribution in [0.3, 0.4) is 0 Å². The first kappa shape index (κ1) is 27.3. The first-order valence-electron chi connectivity index (χ1n) is 13.0. The summed E-state index contributed by atoms with van der Waals surface area (Å²) >= 11 is 0. The van der Waals surface area contributed by atoms with Crippen LogP contribution in [0, 0.1) is 0 Å². The minimum absolute atomic E-state index is 0.0313. The average Bonchev–Trinajstić information content (AvgIpc) is 2.99. The van der Waals surface area contributed by atoms with E-state index >= 15 is 0 Å². The fraction of sp³-hybridized carbons (Fsp3) is 0.233. The smallest absolute Gasteiger partial charge is 0.253 e. The van der Waals surface area contributed by atoms with Crippen LogP contribution < -0.4 is 10.2 Å². The highest BCUT2D eigenvalue weighted by molar-refractivity contribution is 7.89. The zero-order valence-electron chi connectivity index (χ0n) is 22.4. The number of fused-ring (bicyclic) bond motifs is 1. The number of amides is 2. The molecule has 1 fully saturated rings. The molecule has 0 saturated carbocycles. The molecule has 4 aromatic rings. The molecule has 0 aliphatic carbocycles. The number of carbonyl (C=O) groups is 2. The molecule has 1 N–H and O–H groups in total. The van der Waals surface area contributed by atoms with Gasteiger partial charge in [-0.15, -0.1) is 0 Å². The van der Waals surface area contributed by atoms with Gasteiger partial charge in [-0.05, 0) is 42.0 Å². The van der Waals surface area contributed by atoms with E-state index in [1.165, 1.54) is 10.4 Å². The molecule has 1 aromatic heterocycles. The topological polar surface area (TPSA) is 103 Å². The van der Waals surface area contributed by atoms with Gasteiger partial charge in [0.15, 0.2) is 0 Å². The van der Waals surface area contributed by atoms with Crippen molar-refractivity contribution in [3.05, 3.63) is 102 Å². The number of anilines is 1. The standard InChI is InChI=1S/C30H31N5O4S/c1-33(2)25-15-13-24(14-16-25)30(37)34-18-19-35(26(21-34)29(36)32-20-22-8-4-3-5-9-22)40(38,39)27-12-6-10-23-11-7-17-31-28(23)27/h3-17,26H,18-21H2,1-2H3,(H,32,36). The van der Waals surface area contributed by atoms with Crippen molar-refractivity contribution in [2.75, 3.05) is 38.6 Å². The van der Waals surface area contributed by atoms with Crippen molar-refractivity contribution in [3.8, 4) is 0 Å². The Kier molecular flexibility index (Phi) is 7.81. The number of nitrogens with zero attached hydrogens (tertiary/aromatic N) is 4. The quantitative estimate of drug-likeness (QED) is 0.375. The van der Waals surface area contributed by atoms with E-state index in [2.05, 4.69) is 10.3 Å². The van der Waals surface area contributed by atoms with E-state index in [-0.39, 0.29) is 37.0 Å². The second-order valence-electron chi connectivity index (χ2n) is 9.86. The van der Waals surface area contributed by atoms with E-state index in [0.29, 0.717) is 16.5 Å². The minimum atomic E-state index is -4.13. The Labute approximate surface area is 234 Å². The molecule has 5 rings (SSSR count). The van der Waals surface area contributed by atoms with E-state index in [0.717, 1.165) is 11.3 Å². The van der Waals surface area contributed by atoms with E-state index in [1.807, 2.05) is 61.5 Å². The predicted molar refractivity (Wildman–Crippen MR) is 154 cm³/mol. The number of nitrogens with one attached hydrogen (secondary N) is 1. The van der Waals surface area contributed by atoms with Crippen molar-refractivity contribution in [2.45, 2.75) is 17.5 Å². The van der Waals surface area contributed by atoms with E-state index in [9.17, 15) is 18.0 Å². The summed E-state index contributed by atoms with van der Waals surface area (Å²) in [5.41, 5.74) is 2.65. The monoisotopic (exact) mass is 557 g/mol. The van der Waals surface area contributed by atoms with E-state index in [4.69, 9.17) is 0 Å². The second kappa shape index (κ2) is 11.4. The molecule has 2 amide bonds. The van der Waals surface area contributed by atoms with Gasteiger partial charge in [-0.25, -0.2) is 8.42 Å². The van der Waals surface area contributed by atoms with E-state index < -0.39 is 22.0 Å². The predicted octanol–water partition coefficient (Wildman–Crippen LogP) is 3.13. The van der Waals surface area contributed by atoms with Gasteiger partial charge >= 0.3 is 0 Å². The fourth-order valence-electron chi connectivity index (χ4n) is 4.85. The molecular formula is C30H31N5O4S. The zero-order chi connectivity index (χ0) is 28.3. The Morgan fingerprint density at radius 3 is 2.38 bits per heavy atom. The SMILES string of the molecule is CN(C)c1ccc(C(=O)N2CCN(S(=O)(=O)c3cccc4cccnc34)C(C(=O)NCc3ccccc3)C2)cc1. The van der Waals surface area contributed by atoms with Crippen molar-refractivity contribution in [2.24, 2.45) is 0 Å². The van der Waals surface area contributed by atoms with Gasteiger partial charge in [0.25, 0.3) is 5.91 Å². The summed E-state index contributed by atoms with van der Waals surface area (Å²) in [6.45, 7) is 0.275. The highest BCUT2D eigenvalue weighted by atomic mass is 32.2. The lowest BCUT2D eigenvalue weighted by Crippen LogP contribution is -2.61. The van der Waals surface area contributed by atoms with Gasteiger partial charge in [-0.3, -0.25) is 14.6 Å². The molecule has 0 spiro atoms. The van der Waals surface area contributed by atoms with Crippen LogP contribution in [0.4, 0.5) is 5.69 Å². The van der Waals surface area contributed by atoms with Gasteiger partial charge in [-0.1, -0.05) is 48.5 Å². The number of benzene rings is 3. The summed E-state index contributed by atoms with van der Waals surface area (Å²) in [4.78, 5) is 34.8. The summed E-state index contributed by atoms with van der Waals surface area (Å²) in [6, 6.07) is 24.0. The van der Waals surface area contributed by atoms with Crippen LogP contribution in [0.25, 0.3) is 10.9 Å². The van der Waals surface area contributed by atoms with Gasteiger partial charge < -0.3 is 15.1 Å². The Balaban J connectivity index is 1.45. The van der Waals surface area contributed by atoms with Crippen LogP contribution in [0.5, 0.6) is 0 Å². The maximum Gasteiger partial charge on any atom is 0.253 e. The summed E-state index contributed by atoms with van der Waals surface area (Å²) in [5.74, 6) is -0.726. The lowest BCUT2D eigenvalue weighted by molar-refractivity contribution is -0.126. The Bertz CT molecular complexity index is 1620. The number of para-hydroxylation sites is 1. The van der Waals surface area contributed by atoms with Gasteiger partial charge in [0.2, 0.25) is 15.9 Å². The molecular weight excluding hydrogens is 526 g/mol. The third-order valence-electron chi connectivity index (χ3n) is 7.04. The number of aromatic nitrogens is 1. The number of pyridine rings is 1. The molecule has 206 valence electrons. The zero-order valence-corrected chi connectivity index (χ0v) is 23.2. The molecule has 1 unspecified atom stereocenters. The molecule has 9 nitrogen and oxygen atoms in total. The fourth-order valence-corrected chi connectivity index (χ4v) is 6.59. The first-order valence-corrected chi connectivity index (χ1v) is 14.4. The second-order valence-corrected chi connectivity index (χ2v) is 11.7. The van der Waals surface area contributed by atoms with Crippen LogP contribution in [-0.2, 0) is 21.4 Å². The van der Waals surface area contributed by atoms with Crippen molar-refractivity contribution in [3.63, 3.8) is 0 Å². The molecule has 1 aliphatic heterocycles. The Morgan fingerprint density at radius 1 is 0.925 bits per heavy atom. The maximum absolute atomic E-state index is 14.0. The molecule has 1 atom stereocenters. The summed E-state index contributed by atoms with van der Waals surface area (Å²) in [5, 5.41) is 3.56. The van der Waals surface area contributed by atoms with E-state index in [1.54, 1.807) is 47.5 Å². The number of piperazine rings is 1. The lowest BCUT2D eigenvalue weighted by Gasteiger charge is -2.39. The number of sulfonamides is 1. The van der Waals surface area contributed by atoms with Crippen molar-refractivity contribution < 1.29 is 18.0 Å². The molecule has 0 radical (unpaired) electrons. The first-order chi connectivity index (χ1) is 19.3. The molecule has 40 heavy (non-hydrogen) atoms. The van der Waals surface area contributed by atoms with Crippen LogP contribution in [0.1, 0.15) is 15.9 Å². The van der Waals surface area contributed by atoms with Crippen molar-refractivity contribution in [1.82, 2.24) is 19.5 Å². The largest absolute Gasteiger partial charge is 0.378 e. The van der Waals surface area contributed by atoms with Gasteiger partial charge in [0, 0.05) is 63.1 Å². The summed E-state index contributed by atoms with van der Waals surface area (Å²) < 4.78 is 29.3. The number of hydrogen-bond donors (Lipinski definition) is 1. The summed E-state index contributed by atoms with van der Waals surface area (Å²) in [6.07, 6.45) is 1.55. The van der Waals surface area contributed by atoms with Crippen LogP contribution in [0.2, 0.25) is 0 Å². The maximum atomic E-state index is 14.0. The highest BCUT2D eigenvalue weighted by Gasteiger charge is 2.42. The lowest BCUT2D eigenvalue weighted by atomic mass is 10.1. The molecule has 10 heteroatoms. The highest BCUT2D eigenvalue weighted by Crippen LogP contribution is 2.28. The number of carbonyl (C=O) groups excluding carboxylic acids is 2. The average molecular weight is 558 g/mol. The third kappa shape index (κ3) is 5.54. The van der Waals surface area contributed by atoms with Gasteiger partial charge in [-0.2, -0.15) is 4.31 Å². The van der Waals surface area contributed by atoms with Gasteiger partial charge in [0.1, 0.15) is 10.9 Å². The Hall–Kier alpha value is -4.28. The minimum Gasteiger partial charge on any atom is -0.378 e. The van der Waals surface area contributed by atoms with Crippen LogP contribution in [-0.4, -0.2) is 74.2 Å². The molecule has 1 saturated heterocycles. The van der Waals surface area contributed by atoms with Crippen LogP contribution in [0.15, 0.2) is 96.0 Å². The van der Waals surface area contributed by atoms with Crippen molar-refractivity contribution in [1.29, 1.82) is 0 Å². The molecule has 2 heterocycles. The molecule has 0 bridgehead atoms. The Morgan fingerprint density at radius 2 is 1.65 bits per heavy atom. The van der Waals surface area contributed by atoms with Crippen LogP contribution >= 0.6 is 0 Å². The number of hydrogen-bond acceptors (Lipinski definition) is 6. The molecule has 3 aromatic carbocycles. The number of rotatable bonds is 7. The normalized spacial score (nSPS) is 16.1. The van der Waals surface area contributed by atoms with Gasteiger partial charge in [0.05, 0.1) is 5.52 Å². The molecule has 1 aliphatic rings. The third-order valence-corrected chi connectivity index (χ3v) is 8.98. The summed E-state index contributed by atoms with van der Waals surface area (Å²) in [7, 11) is -0.294.